The van der Waals surface area contributed by atoms with Crippen molar-refractivity contribution in [3.05, 3.63) is 29.3 Å². The number of esters is 1. The van der Waals surface area contributed by atoms with Gasteiger partial charge in [0, 0.05) is 30.4 Å². The van der Waals surface area contributed by atoms with Gasteiger partial charge >= 0.3 is 12.0 Å². The van der Waals surface area contributed by atoms with E-state index in [4.69, 9.17) is 4.74 Å². The molecule has 1 atom stereocenters. The number of likely N-dealkylation sites (tertiary alicyclic amines) is 1. The van der Waals surface area contributed by atoms with Crippen molar-refractivity contribution in [3.8, 4) is 0 Å². The fraction of sp³-hybridized carbons (Fsp3) is 0.529. The third-order valence-electron chi connectivity index (χ3n) is 4.71. The SMILES string of the molecule is CCN(CC)[C@H]1CCN(C(=O)Nc2ccc3c(c2)COC3=O)C1. The summed E-state index contributed by atoms with van der Waals surface area (Å²) in [4.78, 5) is 28.1. The second-order valence-electron chi connectivity index (χ2n) is 5.99. The lowest BCUT2D eigenvalue weighted by atomic mass is 10.1. The van der Waals surface area contributed by atoms with E-state index in [9.17, 15) is 9.59 Å². The highest BCUT2D eigenvalue weighted by Gasteiger charge is 2.29. The number of nitrogens with zero attached hydrogens (tertiary/aromatic N) is 2. The Morgan fingerprint density at radius 2 is 2.17 bits per heavy atom. The van der Waals surface area contributed by atoms with Gasteiger partial charge in [0.2, 0.25) is 0 Å². The maximum Gasteiger partial charge on any atom is 0.338 e. The summed E-state index contributed by atoms with van der Waals surface area (Å²) in [5.41, 5.74) is 2.12. The Morgan fingerprint density at radius 3 is 2.91 bits per heavy atom. The van der Waals surface area contributed by atoms with Gasteiger partial charge in [0.15, 0.2) is 0 Å². The lowest BCUT2D eigenvalue weighted by Crippen LogP contribution is -2.39. The van der Waals surface area contributed by atoms with Gasteiger partial charge in [0.25, 0.3) is 0 Å². The first-order valence-corrected chi connectivity index (χ1v) is 8.22. The number of hydrogen-bond acceptors (Lipinski definition) is 4. The first kappa shape index (κ1) is 15.8. The molecule has 0 unspecified atom stereocenters. The number of benzene rings is 1. The van der Waals surface area contributed by atoms with Crippen LogP contribution in [0.2, 0.25) is 0 Å². The topological polar surface area (TPSA) is 61.9 Å². The Kier molecular flexibility index (Phi) is 4.52. The zero-order chi connectivity index (χ0) is 16.4. The number of hydrogen-bond donors (Lipinski definition) is 1. The van der Waals surface area contributed by atoms with Crippen molar-refractivity contribution < 1.29 is 14.3 Å². The van der Waals surface area contributed by atoms with Crippen LogP contribution in [0.5, 0.6) is 0 Å². The summed E-state index contributed by atoms with van der Waals surface area (Å²) >= 11 is 0. The van der Waals surface area contributed by atoms with E-state index in [0.717, 1.165) is 38.2 Å². The van der Waals surface area contributed by atoms with Crippen molar-refractivity contribution in [3.63, 3.8) is 0 Å². The number of fused-ring (bicyclic) bond motifs is 1. The van der Waals surface area contributed by atoms with Crippen molar-refractivity contribution in [2.45, 2.75) is 32.9 Å². The summed E-state index contributed by atoms with van der Waals surface area (Å²) in [7, 11) is 0. The van der Waals surface area contributed by atoms with Crippen LogP contribution in [0, 0.1) is 0 Å². The minimum absolute atomic E-state index is 0.0788. The Hall–Kier alpha value is -2.08. The van der Waals surface area contributed by atoms with Crippen molar-refractivity contribution in [1.29, 1.82) is 0 Å². The molecule has 2 aliphatic rings. The fourth-order valence-electron chi connectivity index (χ4n) is 3.38. The van der Waals surface area contributed by atoms with Gasteiger partial charge in [0.1, 0.15) is 6.61 Å². The number of cyclic esters (lactones) is 1. The fourth-order valence-corrected chi connectivity index (χ4v) is 3.38. The number of carbonyl (C=O) groups excluding carboxylic acids is 2. The Balaban J connectivity index is 1.61. The minimum Gasteiger partial charge on any atom is -0.457 e. The van der Waals surface area contributed by atoms with E-state index in [-0.39, 0.29) is 18.6 Å². The summed E-state index contributed by atoms with van der Waals surface area (Å²) < 4.78 is 4.98. The van der Waals surface area contributed by atoms with Crippen LogP contribution in [-0.4, -0.2) is 54.0 Å². The van der Waals surface area contributed by atoms with Gasteiger partial charge in [-0.25, -0.2) is 9.59 Å². The van der Waals surface area contributed by atoms with Crippen LogP contribution in [0.25, 0.3) is 0 Å². The Morgan fingerprint density at radius 1 is 1.39 bits per heavy atom. The largest absolute Gasteiger partial charge is 0.457 e. The third kappa shape index (κ3) is 3.17. The molecule has 1 aromatic rings. The van der Waals surface area contributed by atoms with E-state index in [2.05, 4.69) is 24.1 Å². The van der Waals surface area contributed by atoms with Gasteiger partial charge in [-0.1, -0.05) is 13.8 Å². The summed E-state index contributed by atoms with van der Waals surface area (Å²) in [5.74, 6) is -0.292. The summed E-state index contributed by atoms with van der Waals surface area (Å²) in [5, 5.41) is 2.93. The second kappa shape index (κ2) is 6.58. The lowest BCUT2D eigenvalue weighted by Gasteiger charge is -2.26. The number of anilines is 1. The molecular weight excluding hydrogens is 294 g/mol. The number of ether oxygens (including phenoxy) is 1. The van der Waals surface area contributed by atoms with Gasteiger partial charge in [0.05, 0.1) is 5.56 Å². The molecule has 0 radical (unpaired) electrons. The zero-order valence-corrected chi connectivity index (χ0v) is 13.7. The monoisotopic (exact) mass is 317 g/mol. The van der Waals surface area contributed by atoms with Crippen molar-refractivity contribution >= 4 is 17.7 Å². The summed E-state index contributed by atoms with van der Waals surface area (Å²) in [6, 6.07) is 5.65. The number of rotatable bonds is 4. The highest BCUT2D eigenvalue weighted by atomic mass is 16.5. The van der Waals surface area contributed by atoms with E-state index in [1.54, 1.807) is 12.1 Å². The van der Waals surface area contributed by atoms with Crippen LogP contribution in [0.15, 0.2) is 18.2 Å². The molecule has 124 valence electrons. The highest BCUT2D eigenvalue weighted by molar-refractivity contribution is 5.95. The van der Waals surface area contributed by atoms with Crippen molar-refractivity contribution in [2.75, 3.05) is 31.5 Å². The van der Waals surface area contributed by atoms with E-state index in [1.165, 1.54) is 0 Å². The average Bonchev–Trinajstić information content (AvgIpc) is 3.16. The van der Waals surface area contributed by atoms with Crippen LogP contribution in [0.4, 0.5) is 10.5 Å². The maximum atomic E-state index is 12.4. The number of urea groups is 1. The molecule has 23 heavy (non-hydrogen) atoms. The smallest absolute Gasteiger partial charge is 0.338 e. The Labute approximate surface area is 136 Å². The normalized spacial score (nSPS) is 19.9. The molecule has 0 spiro atoms. The Bertz CT molecular complexity index is 613. The number of carbonyl (C=O) groups is 2. The summed E-state index contributed by atoms with van der Waals surface area (Å²) in [6.07, 6.45) is 1.02. The molecule has 0 bridgehead atoms. The molecule has 6 heteroatoms. The molecule has 1 fully saturated rings. The number of likely N-dealkylation sites (N-methyl/N-ethyl adjacent to an activating group) is 1. The number of amides is 2. The second-order valence-corrected chi connectivity index (χ2v) is 5.99. The van der Waals surface area contributed by atoms with Crippen LogP contribution >= 0.6 is 0 Å². The molecule has 1 N–H and O–H groups in total. The predicted octanol–water partition coefficient (Wildman–Crippen LogP) is 2.30. The first-order valence-electron chi connectivity index (χ1n) is 8.22. The molecule has 0 aromatic heterocycles. The maximum absolute atomic E-state index is 12.4. The molecule has 0 saturated carbocycles. The van der Waals surface area contributed by atoms with Crippen LogP contribution in [-0.2, 0) is 11.3 Å². The molecule has 1 saturated heterocycles. The molecular formula is C17H23N3O3. The molecule has 2 amide bonds. The van der Waals surface area contributed by atoms with E-state index >= 15 is 0 Å². The van der Waals surface area contributed by atoms with Gasteiger partial charge < -0.3 is 15.0 Å². The van der Waals surface area contributed by atoms with Crippen LogP contribution in [0.1, 0.15) is 36.2 Å². The zero-order valence-electron chi connectivity index (χ0n) is 13.7. The van der Waals surface area contributed by atoms with Gasteiger partial charge in [-0.15, -0.1) is 0 Å². The van der Waals surface area contributed by atoms with Crippen LogP contribution in [0.3, 0.4) is 0 Å². The van der Waals surface area contributed by atoms with Crippen molar-refractivity contribution in [1.82, 2.24) is 9.80 Å². The average molecular weight is 317 g/mol. The van der Waals surface area contributed by atoms with Crippen molar-refractivity contribution in [2.24, 2.45) is 0 Å². The molecule has 2 aliphatic heterocycles. The molecule has 6 nitrogen and oxygen atoms in total. The quantitative estimate of drug-likeness (QED) is 0.866. The van der Waals surface area contributed by atoms with Gasteiger partial charge in [-0.05, 0) is 37.7 Å². The van der Waals surface area contributed by atoms with E-state index in [1.807, 2.05) is 11.0 Å². The molecule has 0 aliphatic carbocycles. The molecule has 1 aromatic carbocycles. The molecule has 2 heterocycles. The lowest BCUT2D eigenvalue weighted by molar-refractivity contribution is 0.0535. The van der Waals surface area contributed by atoms with Crippen LogP contribution < -0.4 is 5.32 Å². The van der Waals surface area contributed by atoms with Gasteiger partial charge in [-0.2, -0.15) is 0 Å². The molecule has 3 rings (SSSR count). The van der Waals surface area contributed by atoms with E-state index < -0.39 is 0 Å². The first-order chi connectivity index (χ1) is 11.1. The predicted molar refractivity (Wildman–Crippen MR) is 87.5 cm³/mol. The summed E-state index contributed by atoms with van der Waals surface area (Å²) in [6.45, 7) is 8.15. The van der Waals surface area contributed by atoms with E-state index in [0.29, 0.717) is 17.3 Å². The minimum atomic E-state index is -0.292. The van der Waals surface area contributed by atoms with Gasteiger partial charge in [-0.3, -0.25) is 4.90 Å². The number of nitrogens with one attached hydrogen (secondary N) is 1. The standard InChI is InChI=1S/C17H23N3O3/c1-3-19(4-2)14-7-8-20(10-14)17(22)18-13-5-6-15-12(9-13)11-23-16(15)21/h5-6,9,14H,3-4,7-8,10-11H2,1-2H3,(H,18,22)/t14-/m0/s1. The third-order valence-corrected chi connectivity index (χ3v) is 4.71. The highest BCUT2D eigenvalue weighted by Crippen LogP contribution is 2.24.